The van der Waals surface area contributed by atoms with E-state index >= 15 is 0 Å². The average molecular weight is 507 g/mol. The van der Waals surface area contributed by atoms with Gasteiger partial charge in [-0.25, -0.2) is 0 Å². The Labute approximate surface area is 186 Å². The van der Waals surface area contributed by atoms with Crippen LogP contribution in [0.15, 0.2) is 57.5 Å². The third-order valence-electron chi connectivity index (χ3n) is 5.72. The summed E-state index contributed by atoms with van der Waals surface area (Å²) in [7, 11) is 0. The Kier molecular flexibility index (Phi) is 10.1. The summed E-state index contributed by atoms with van der Waals surface area (Å²) in [6.45, 7) is 8.24. The molecule has 0 amide bonds. The number of hydrogen-bond acceptors (Lipinski definition) is 2. The molecule has 0 fully saturated rings. The molecule has 0 bridgehead atoms. The van der Waals surface area contributed by atoms with Gasteiger partial charge in [0.1, 0.15) is 6.29 Å². The number of carbonyl (C=O) groups is 1. The Morgan fingerprint density at radius 2 is 1.18 bits per heavy atom. The molecule has 0 saturated heterocycles. The predicted octanol–water partition coefficient (Wildman–Crippen LogP) is 7.74. The van der Waals surface area contributed by atoms with Gasteiger partial charge in [0.05, 0.1) is 16.9 Å². The second-order valence-corrected chi connectivity index (χ2v) is 8.73. The number of halogens is 2. The van der Waals surface area contributed by atoms with Crippen molar-refractivity contribution in [1.29, 1.82) is 5.26 Å². The lowest BCUT2D eigenvalue weighted by atomic mass is 9.77. The van der Waals surface area contributed by atoms with Crippen molar-refractivity contribution in [3.63, 3.8) is 0 Å². The van der Waals surface area contributed by atoms with Gasteiger partial charge in [0, 0.05) is 8.95 Å². The van der Waals surface area contributed by atoms with Crippen molar-refractivity contribution in [1.82, 2.24) is 0 Å². The van der Waals surface area contributed by atoms with Crippen LogP contribution in [0.1, 0.15) is 64.5 Å². The second-order valence-electron chi connectivity index (χ2n) is 6.90. The van der Waals surface area contributed by atoms with Crippen molar-refractivity contribution in [3.05, 3.63) is 68.6 Å². The molecule has 0 heterocycles. The highest BCUT2D eigenvalue weighted by Gasteiger charge is 2.28. The zero-order valence-electron chi connectivity index (χ0n) is 17.1. The molecule has 2 rings (SSSR count). The van der Waals surface area contributed by atoms with E-state index in [2.05, 4.69) is 65.6 Å². The van der Waals surface area contributed by atoms with E-state index in [0.29, 0.717) is 0 Å². The van der Waals surface area contributed by atoms with E-state index in [1.807, 2.05) is 48.5 Å². The van der Waals surface area contributed by atoms with Gasteiger partial charge < -0.3 is 4.79 Å². The smallest absolute Gasteiger partial charge is 0.130 e. The molecular formula is C24H29Br2NO. The van der Waals surface area contributed by atoms with Gasteiger partial charge in [-0.1, -0.05) is 83.8 Å². The summed E-state index contributed by atoms with van der Waals surface area (Å²) >= 11 is 6.78. The van der Waals surface area contributed by atoms with Crippen LogP contribution in [0.25, 0.3) is 0 Å². The van der Waals surface area contributed by atoms with E-state index in [4.69, 9.17) is 0 Å². The van der Waals surface area contributed by atoms with E-state index in [0.717, 1.165) is 52.0 Å². The Morgan fingerprint density at radius 1 is 0.786 bits per heavy atom. The molecular weight excluding hydrogens is 478 g/mol. The molecule has 0 radical (unpaired) electrons. The van der Waals surface area contributed by atoms with Crippen LogP contribution >= 0.6 is 31.9 Å². The third-order valence-corrected chi connectivity index (χ3v) is 6.78. The van der Waals surface area contributed by atoms with E-state index in [1.165, 1.54) is 0 Å². The molecule has 0 aliphatic carbocycles. The fraction of sp³-hybridized carbons (Fsp3) is 0.417. The first-order valence-electron chi connectivity index (χ1n) is 9.76. The van der Waals surface area contributed by atoms with Gasteiger partial charge in [0.15, 0.2) is 0 Å². The van der Waals surface area contributed by atoms with Crippen LogP contribution < -0.4 is 0 Å². The van der Waals surface area contributed by atoms with Gasteiger partial charge in [-0.05, 0) is 61.1 Å². The highest BCUT2D eigenvalue weighted by Crippen LogP contribution is 2.32. The highest BCUT2D eigenvalue weighted by atomic mass is 79.9. The number of rotatable bonds is 7. The maximum Gasteiger partial charge on any atom is 0.130 e. The lowest BCUT2D eigenvalue weighted by molar-refractivity contribution is -0.112. The lowest BCUT2D eigenvalue weighted by Crippen LogP contribution is -2.25. The molecule has 2 aromatic rings. The summed E-state index contributed by atoms with van der Waals surface area (Å²) in [5, 5.41) is 9.24. The first kappa shape index (κ1) is 24.6. The zero-order chi connectivity index (χ0) is 21.2. The Morgan fingerprint density at radius 3 is 1.46 bits per heavy atom. The number of carbonyl (C=O) groups excluding carboxylic acids is 1. The summed E-state index contributed by atoms with van der Waals surface area (Å²) in [6.07, 6.45) is 4.52. The van der Waals surface area contributed by atoms with Crippen LogP contribution in [0.3, 0.4) is 0 Å². The number of hydrogen-bond donors (Lipinski definition) is 0. The fourth-order valence-electron chi connectivity index (χ4n) is 3.32. The van der Waals surface area contributed by atoms with Crippen LogP contribution in [0, 0.1) is 11.3 Å². The molecule has 0 saturated carbocycles. The average Bonchev–Trinajstić information content (AvgIpc) is 2.74. The SMILES string of the molecule is CCC(C#N)(CC)c1ccc(Br)cc1.CCC(C=O)(CC)c1ccc(Br)cc1. The molecule has 0 unspecified atom stereocenters. The Hall–Kier alpha value is -1.44. The molecule has 0 N–H and O–H groups in total. The van der Waals surface area contributed by atoms with E-state index < -0.39 is 0 Å². The summed E-state index contributed by atoms with van der Waals surface area (Å²) in [6, 6.07) is 18.5. The van der Waals surface area contributed by atoms with Gasteiger partial charge in [0.25, 0.3) is 0 Å². The van der Waals surface area contributed by atoms with Crippen molar-refractivity contribution in [3.8, 4) is 6.07 Å². The molecule has 2 aromatic carbocycles. The molecule has 0 spiro atoms. The normalized spacial score (nSPS) is 11.2. The summed E-state index contributed by atoms with van der Waals surface area (Å²) in [4.78, 5) is 11.2. The van der Waals surface area contributed by atoms with Crippen LogP contribution in [0.4, 0.5) is 0 Å². The van der Waals surface area contributed by atoms with Gasteiger partial charge in [-0.3, -0.25) is 0 Å². The maximum absolute atomic E-state index is 11.2. The van der Waals surface area contributed by atoms with Gasteiger partial charge in [-0.15, -0.1) is 0 Å². The van der Waals surface area contributed by atoms with Crippen LogP contribution in [-0.4, -0.2) is 6.29 Å². The van der Waals surface area contributed by atoms with Gasteiger partial charge in [0.2, 0.25) is 0 Å². The molecule has 2 nitrogen and oxygen atoms in total. The summed E-state index contributed by atoms with van der Waals surface area (Å²) in [5.41, 5.74) is 1.63. The van der Waals surface area contributed by atoms with E-state index in [-0.39, 0.29) is 10.8 Å². The molecule has 4 heteroatoms. The first-order chi connectivity index (χ1) is 13.4. The Bertz CT molecular complexity index is 768. The quantitative estimate of drug-likeness (QED) is 0.360. The van der Waals surface area contributed by atoms with Crippen LogP contribution in [-0.2, 0) is 15.6 Å². The predicted molar refractivity (Wildman–Crippen MR) is 124 cm³/mol. The number of benzene rings is 2. The van der Waals surface area contributed by atoms with Crippen LogP contribution in [0.5, 0.6) is 0 Å². The minimum absolute atomic E-state index is 0.291. The van der Waals surface area contributed by atoms with Gasteiger partial charge in [-0.2, -0.15) is 5.26 Å². The van der Waals surface area contributed by atoms with E-state index in [9.17, 15) is 10.1 Å². The fourth-order valence-corrected chi connectivity index (χ4v) is 3.85. The lowest BCUT2D eigenvalue weighted by Gasteiger charge is -2.25. The summed E-state index contributed by atoms with van der Waals surface area (Å²) < 4.78 is 2.11. The van der Waals surface area contributed by atoms with E-state index in [1.54, 1.807) is 0 Å². The zero-order valence-corrected chi connectivity index (χ0v) is 20.3. The largest absolute Gasteiger partial charge is 0.302 e. The second kappa shape index (κ2) is 11.5. The molecule has 28 heavy (non-hydrogen) atoms. The maximum atomic E-state index is 11.2. The molecule has 0 aliphatic heterocycles. The van der Waals surface area contributed by atoms with Crippen molar-refractivity contribution in [2.24, 2.45) is 0 Å². The van der Waals surface area contributed by atoms with Crippen LogP contribution in [0.2, 0.25) is 0 Å². The Balaban J connectivity index is 0.000000280. The van der Waals surface area contributed by atoms with Crippen molar-refractivity contribution in [2.75, 3.05) is 0 Å². The summed E-state index contributed by atoms with van der Waals surface area (Å²) in [5.74, 6) is 0. The molecule has 0 aromatic heterocycles. The molecule has 0 aliphatic rings. The molecule has 0 atom stereocenters. The number of aldehydes is 1. The van der Waals surface area contributed by atoms with Gasteiger partial charge >= 0.3 is 0 Å². The highest BCUT2D eigenvalue weighted by molar-refractivity contribution is 9.10. The first-order valence-corrected chi connectivity index (χ1v) is 11.3. The minimum Gasteiger partial charge on any atom is -0.302 e. The molecule has 150 valence electrons. The monoisotopic (exact) mass is 505 g/mol. The topological polar surface area (TPSA) is 40.9 Å². The standard InChI is InChI=1S/C12H14BrN.C12H15BrO/c2*1-3-12(4-2,9-14)10-5-7-11(13)8-6-10/h5-8H,3-4H2,1-2H3;5-9H,3-4H2,1-2H3. The number of nitriles is 1. The minimum atomic E-state index is -0.305. The van der Waals surface area contributed by atoms with Crippen molar-refractivity contribution >= 4 is 38.1 Å². The van der Waals surface area contributed by atoms with Crippen molar-refractivity contribution < 1.29 is 4.79 Å². The number of nitrogens with zero attached hydrogens (tertiary/aromatic N) is 1. The van der Waals surface area contributed by atoms with Crippen molar-refractivity contribution in [2.45, 2.75) is 64.2 Å². The third kappa shape index (κ3) is 5.78.